The van der Waals surface area contributed by atoms with Crippen molar-refractivity contribution < 1.29 is 13.2 Å². The third kappa shape index (κ3) is 5.23. The average molecular weight is 286 g/mol. The van der Waals surface area contributed by atoms with Crippen molar-refractivity contribution in [1.82, 2.24) is 15.0 Å². The van der Waals surface area contributed by atoms with Crippen LogP contribution in [0, 0.1) is 0 Å². The molecule has 0 spiro atoms. The second kappa shape index (κ2) is 7.05. The predicted octanol–water partition coefficient (Wildman–Crippen LogP) is -0.208. The Kier molecular flexibility index (Phi) is 5.71. The third-order valence-corrected chi connectivity index (χ3v) is 3.70. The Balaban J connectivity index is 2.56. The minimum atomic E-state index is -3.31. The summed E-state index contributed by atoms with van der Waals surface area (Å²) in [4.78, 5) is 15.7. The first kappa shape index (κ1) is 15.4. The van der Waals surface area contributed by atoms with Crippen molar-refractivity contribution in [3.63, 3.8) is 0 Å². The van der Waals surface area contributed by atoms with Gasteiger partial charge in [-0.2, -0.15) is 0 Å². The molecule has 0 radical (unpaired) electrons. The molecule has 7 nitrogen and oxygen atoms in total. The number of amides is 1. The molecule has 1 aromatic heterocycles. The molecule has 0 aliphatic heterocycles. The van der Waals surface area contributed by atoms with Crippen molar-refractivity contribution >= 4 is 21.6 Å². The fourth-order valence-electron chi connectivity index (χ4n) is 1.36. The number of rotatable bonds is 7. The molecule has 0 atom stereocenters. The monoisotopic (exact) mass is 286 g/mol. The van der Waals surface area contributed by atoms with E-state index in [0.29, 0.717) is 0 Å². The fraction of sp³-hybridized carbons (Fsp3) is 0.455. The summed E-state index contributed by atoms with van der Waals surface area (Å²) >= 11 is 0. The van der Waals surface area contributed by atoms with Gasteiger partial charge in [0.1, 0.15) is 5.69 Å². The van der Waals surface area contributed by atoms with Crippen molar-refractivity contribution in [2.24, 2.45) is 0 Å². The Hall–Kier alpha value is -1.67. The van der Waals surface area contributed by atoms with Crippen LogP contribution in [0.4, 0.5) is 5.69 Å². The summed E-state index contributed by atoms with van der Waals surface area (Å²) in [5, 5.41) is 5.58. The Bertz CT molecular complexity index is 530. The molecule has 1 heterocycles. The molecule has 1 aromatic rings. The molecule has 19 heavy (non-hydrogen) atoms. The summed E-state index contributed by atoms with van der Waals surface area (Å²) in [6, 6.07) is 3.37. The Morgan fingerprint density at radius 1 is 1.42 bits per heavy atom. The normalized spacial score (nSPS) is 11.1. The second-order valence-electron chi connectivity index (χ2n) is 3.74. The highest BCUT2D eigenvalue weighted by Gasteiger charge is 2.10. The summed E-state index contributed by atoms with van der Waals surface area (Å²) in [5.41, 5.74) is 1.05. The number of carbonyl (C=O) groups excluding carboxylic acids is 1. The smallest absolute Gasteiger partial charge is 0.269 e. The zero-order valence-electron chi connectivity index (χ0n) is 10.9. The van der Waals surface area contributed by atoms with Gasteiger partial charge in [-0.15, -0.1) is 0 Å². The average Bonchev–Trinajstić information content (AvgIpc) is 2.39. The van der Waals surface area contributed by atoms with E-state index >= 15 is 0 Å². The molecule has 0 aliphatic rings. The van der Waals surface area contributed by atoms with E-state index in [1.807, 2.05) is 6.92 Å². The summed E-state index contributed by atoms with van der Waals surface area (Å²) in [6.07, 6.45) is 1.53. The van der Waals surface area contributed by atoms with Gasteiger partial charge in [-0.1, -0.05) is 0 Å². The predicted molar refractivity (Wildman–Crippen MR) is 73.6 cm³/mol. The molecule has 3 N–H and O–H groups in total. The van der Waals surface area contributed by atoms with Gasteiger partial charge in [-0.3, -0.25) is 9.78 Å². The van der Waals surface area contributed by atoms with Gasteiger partial charge in [0.15, 0.2) is 0 Å². The van der Waals surface area contributed by atoms with E-state index in [9.17, 15) is 13.2 Å². The summed E-state index contributed by atoms with van der Waals surface area (Å²) in [6.45, 7) is 2.73. The summed E-state index contributed by atoms with van der Waals surface area (Å²) in [7, 11) is -1.98. The maximum Gasteiger partial charge on any atom is 0.269 e. The first-order valence-corrected chi connectivity index (χ1v) is 7.53. The van der Waals surface area contributed by atoms with Crippen LogP contribution in [-0.4, -0.2) is 45.2 Å². The number of sulfonamides is 1. The maximum absolute atomic E-state index is 11.8. The second-order valence-corrected chi connectivity index (χ2v) is 5.78. The number of pyridine rings is 1. The van der Waals surface area contributed by atoms with Gasteiger partial charge in [-0.05, 0) is 26.1 Å². The Labute approximate surface area is 112 Å². The van der Waals surface area contributed by atoms with Crippen molar-refractivity contribution in [1.29, 1.82) is 0 Å². The largest absolute Gasteiger partial charge is 0.385 e. The minimum Gasteiger partial charge on any atom is -0.385 e. The van der Waals surface area contributed by atoms with E-state index in [1.165, 1.54) is 13.2 Å². The number of hydrogen-bond acceptors (Lipinski definition) is 5. The van der Waals surface area contributed by atoms with Crippen LogP contribution in [0.25, 0.3) is 0 Å². The van der Waals surface area contributed by atoms with E-state index in [2.05, 4.69) is 20.3 Å². The molecule has 0 aromatic carbocycles. The van der Waals surface area contributed by atoms with Crippen molar-refractivity contribution in [2.45, 2.75) is 6.92 Å². The number of anilines is 1. The Morgan fingerprint density at radius 3 is 2.79 bits per heavy atom. The van der Waals surface area contributed by atoms with Gasteiger partial charge in [0, 0.05) is 25.0 Å². The van der Waals surface area contributed by atoms with Crippen molar-refractivity contribution in [3.05, 3.63) is 24.0 Å². The molecule has 106 valence electrons. The lowest BCUT2D eigenvalue weighted by Gasteiger charge is -2.07. The number of hydrogen-bond donors (Lipinski definition) is 3. The van der Waals surface area contributed by atoms with Crippen LogP contribution in [0.2, 0.25) is 0 Å². The van der Waals surface area contributed by atoms with Gasteiger partial charge in [0.05, 0.1) is 5.75 Å². The number of nitrogens with one attached hydrogen (secondary N) is 3. The van der Waals surface area contributed by atoms with E-state index in [4.69, 9.17) is 0 Å². The van der Waals surface area contributed by atoms with E-state index in [0.717, 1.165) is 12.2 Å². The lowest BCUT2D eigenvalue weighted by molar-refractivity contribution is 0.0951. The van der Waals surface area contributed by atoms with Gasteiger partial charge in [-0.25, -0.2) is 13.1 Å². The molecule has 0 fully saturated rings. The standard InChI is InChI=1S/C11H18N4O3S/c1-3-13-9-4-5-14-10(8-9)11(16)15-6-7-19(17,18)12-2/h4-5,8,12H,3,6-7H2,1-2H3,(H,13,14)(H,15,16). The van der Waals surface area contributed by atoms with Gasteiger partial charge in [0.2, 0.25) is 10.0 Å². The molecule has 8 heteroatoms. The third-order valence-electron chi connectivity index (χ3n) is 2.34. The van der Waals surface area contributed by atoms with Crippen LogP contribution < -0.4 is 15.4 Å². The number of nitrogens with zero attached hydrogens (tertiary/aromatic N) is 1. The quantitative estimate of drug-likeness (QED) is 0.644. The Morgan fingerprint density at radius 2 is 2.16 bits per heavy atom. The fourth-order valence-corrected chi connectivity index (χ4v) is 1.94. The molecule has 0 saturated heterocycles. The summed E-state index contributed by atoms with van der Waals surface area (Å²) in [5.74, 6) is -0.562. The van der Waals surface area contributed by atoms with E-state index < -0.39 is 15.9 Å². The molecule has 0 saturated carbocycles. The minimum absolute atomic E-state index is 0.0368. The zero-order chi connectivity index (χ0) is 14.3. The molecule has 0 aliphatic carbocycles. The number of aromatic nitrogens is 1. The lowest BCUT2D eigenvalue weighted by Crippen LogP contribution is -2.33. The number of carbonyl (C=O) groups is 1. The van der Waals surface area contributed by atoms with Crippen LogP contribution >= 0.6 is 0 Å². The van der Waals surface area contributed by atoms with Gasteiger partial charge >= 0.3 is 0 Å². The highest BCUT2D eigenvalue weighted by atomic mass is 32.2. The van der Waals surface area contributed by atoms with E-state index in [-0.39, 0.29) is 18.0 Å². The van der Waals surface area contributed by atoms with Crippen molar-refractivity contribution in [3.8, 4) is 0 Å². The molecule has 1 amide bonds. The van der Waals surface area contributed by atoms with Gasteiger partial charge in [0.25, 0.3) is 5.91 Å². The highest BCUT2D eigenvalue weighted by Crippen LogP contribution is 2.07. The summed E-state index contributed by atoms with van der Waals surface area (Å²) < 4.78 is 24.5. The van der Waals surface area contributed by atoms with Crippen LogP contribution in [-0.2, 0) is 10.0 Å². The SMILES string of the molecule is CCNc1ccnc(C(=O)NCCS(=O)(=O)NC)c1. The molecule has 0 bridgehead atoms. The maximum atomic E-state index is 11.8. The van der Waals surface area contributed by atoms with Crippen molar-refractivity contribution in [2.75, 3.05) is 31.2 Å². The van der Waals surface area contributed by atoms with Crippen LogP contribution in [0.5, 0.6) is 0 Å². The topological polar surface area (TPSA) is 100 Å². The molecular formula is C11H18N4O3S. The molecular weight excluding hydrogens is 268 g/mol. The van der Waals surface area contributed by atoms with Gasteiger partial charge < -0.3 is 10.6 Å². The first-order valence-electron chi connectivity index (χ1n) is 5.88. The highest BCUT2D eigenvalue weighted by molar-refractivity contribution is 7.89. The van der Waals surface area contributed by atoms with Crippen LogP contribution in [0.1, 0.15) is 17.4 Å². The molecule has 0 unspecified atom stereocenters. The van der Waals surface area contributed by atoms with Crippen LogP contribution in [0.3, 0.4) is 0 Å². The zero-order valence-corrected chi connectivity index (χ0v) is 11.8. The van der Waals surface area contributed by atoms with Crippen LogP contribution in [0.15, 0.2) is 18.3 Å². The molecule has 1 rings (SSSR count). The lowest BCUT2D eigenvalue weighted by atomic mass is 10.3. The first-order chi connectivity index (χ1) is 8.98. The van der Waals surface area contributed by atoms with E-state index in [1.54, 1.807) is 12.1 Å².